The predicted molar refractivity (Wildman–Crippen MR) is 162 cm³/mol. The molecule has 208 valence electrons. The van der Waals surface area contributed by atoms with Crippen LogP contribution in [0.2, 0.25) is 70.0 Å². The van der Waals surface area contributed by atoms with Gasteiger partial charge in [0.05, 0.1) is 31.6 Å². The van der Waals surface area contributed by atoms with E-state index in [0.717, 1.165) is 12.0 Å². The molecule has 8 heteroatoms. The van der Waals surface area contributed by atoms with Crippen molar-refractivity contribution in [1.29, 1.82) is 0 Å². The van der Waals surface area contributed by atoms with Crippen molar-refractivity contribution < 1.29 is 18.0 Å². The fraction of sp³-hybridized carbons (Fsp3) is 1.00. The molecule has 1 saturated heterocycles. The summed E-state index contributed by atoms with van der Waals surface area (Å²) >= 11 is 0. The Hall–Kier alpha value is 0.708. The minimum Gasteiger partial charge on any atom is -0.417 e. The van der Waals surface area contributed by atoms with Crippen LogP contribution in [0, 0.1) is 5.92 Å². The minimum absolute atomic E-state index is 0.0546. The largest absolute Gasteiger partial charge is 0.417 e. The van der Waals surface area contributed by atoms with Gasteiger partial charge in [0.2, 0.25) is 8.32 Å². The van der Waals surface area contributed by atoms with Crippen LogP contribution in [0.4, 0.5) is 0 Å². The summed E-state index contributed by atoms with van der Waals surface area (Å²) in [4.78, 5) is 0. The second kappa shape index (κ2) is 10.7. The molecule has 0 bridgehead atoms. The highest BCUT2D eigenvalue weighted by molar-refractivity contribution is 6.80. The molecule has 0 aromatic heterocycles. The molecular weight excluding hydrogens is 501 g/mol. The molecule has 6 unspecified atom stereocenters. The minimum atomic E-state index is -2.21. The van der Waals surface area contributed by atoms with Gasteiger partial charge in [-0.05, 0) is 98.2 Å². The molecule has 1 aliphatic heterocycles. The van der Waals surface area contributed by atoms with Crippen LogP contribution < -0.4 is 0 Å². The molecule has 35 heavy (non-hydrogen) atoms. The van der Waals surface area contributed by atoms with E-state index in [1.165, 1.54) is 25.7 Å². The molecule has 0 radical (unpaired) electrons. The molecule has 2 aliphatic rings. The number of ether oxygens (including phenoxy) is 1. The Bertz CT molecular complexity index is 713. The summed E-state index contributed by atoms with van der Waals surface area (Å²) in [5.74, 6) is 0.774. The first-order valence-electron chi connectivity index (χ1n) is 14.2. The lowest BCUT2D eigenvalue weighted by molar-refractivity contribution is 0.0311. The Morgan fingerprint density at radius 2 is 1.37 bits per heavy atom. The average molecular weight is 561 g/mol. The van der Waals surface area contributed by atoms with E-state index in [1.54, 1.807) is 0 Å². The Morgan fingerprint density at radius 3 is 1.86 bits per heavy atom. The van der Waals surface area contributed by atoms with Crippen molar-refractivity contribution in [3.63, 3.8) is 0 Å². The van der Waals surface area contributed by atoms with Crippen molar-refractivity contribution in [2.24, 2.45) is 5.92 Å². The zero-order valence-corrected chi connectivity index (χ0v) is 30.1. The van der Waals surface area contributed by atoms with Crippen molar-refractivity contribution in [2.75, 3.05) is 0 Å². The van der Waals surface area contributed by atoms with Crippen molar-refractivity contribution in [2.45, 2.75) is 166 Å². The Balaban J connectivity index is 2.25. The molecule has 0 aromatic rings. The first-order chi connectivity index (χ1) is 15.5. The van der Waals surface area contributed by atoms with Gasteiger partial charge in [0.25, 0.3) is 0 Å². The fourth-order valence-electron chi connectivity index (χ4n) is 5.43. The van der Waals surface area contributed by atoms with Gasteiger partial charge in [-0.1, -0.05) is 39.9 Å². The number of hydrogen-bond donors (Lipinski definition) is 0. The van der Waals surface area contributed by atoms with E-state index in [-0.39, 0.29) is 16.4 Å². The molecule has 1 saturated carbocycles. The Labute approximate surface area is 223 Å². The smallest absolute Gasteiger partial charge is 0.217 e. The summed E-state index contributed by atoms with van der Waals surface area (Å²) < 4.78 is 27.0. The van der Waals surface area contributed by atoms with E-state index in [2.05, 4.69) is 100 Å². The zero-order valence-electron chi connectivity index (χ0n) is 26.1. The highest BCUT2D eigenvalue weighted by Crippen LogP contribution is 2.52. The van der Waals surface area contributed by atoms with Crippen molar-refractivity contribution in [3.05, 3.63) is 0 Å². The van der Waals surface area contributed by atoms with Crippen molar-refractivity contribution in [1.82, 2.24) is 0 Å². The molecular formula is C27H60O4Si4. The molecule has 2 rings (SSSR count). The van der Waals surface area contributed by atoms with Gasteiger partial charge in [-0.3, -0.25) is 0 Å². The third-order valence-corrected chi connectivity index (χ3v) is 22.5. The molecule has 0 aromatic carbocycles. The van der Waals surface area contributed by atoms with Crippen molar-refractivity contribution in [3.8, 4) is 0 Å². The van der Waals surface area contributed by atoms with Gasteiger partial charge in [0, 0.05) is 10.8 Å². The molecule has 0 N–H and O–H groups in total. The van der Waals surface area contributed by atoms with E-state index in [0.29, 0.717) is 17.9 Å². The molecule has 4 nitrogen and oxygen atoms in total. The van der Waals surface area contributed by atoms with E-state index in [1.807, 2.05) is 0 Å². The van der Waals surface area contributed by atoms with Gasteiger partial charge in [0.15, 0.2) is 16.6 Å². The van der Waals surface area contributed by atoms with Crippen molar-refractivity contribution >= 4 is 33.0 Å². The van der Waals surface area contributed by atoms with Crippen LogP contribution in [0.1, 0.15) is 67.2 Å². The molecule has 2 fully saturated rings. The zero-order chi connectivity index (χ0) is 27.3. The summed E-state index contributed by atoms with van der Waals surface area (Å²) in [7, 11) is -7.36. The Kier molecular flexibility index (Phi) is 9.76. The third-order valence-electron chi connectivity index (χ3n) is 9.74. The van der Waals surface area contributed by atoms with E-state index < -0.39 is 33.0 Å². The van der Waals surface area contributed by atoms with Crippen LogP contribution in [-0.2, 0) is 18.0 Å². The van der Waals surface area contributed by atoms with Crippen LogP contribution >= 0.6 is 0 Å². The van der Waals surface area contributed by atoms with Gasteiger partial charge in [0.1, 0.15) is 0 Å². The first kappa shape index (κ1) is 31.9. The average Bonchev–Trinajstić information content (AvgIpc) is 3.42. The summed E-state index contributed by atoms with van der Waals surface area (Å²) in [5.41, 5.74) is 0.234. The van der Waals surface area contributed by atoms with Gasteiger partial charge in [-0.15, -0.1) is 0 Å². The topological polar surface area (TPSA) is 40.2 Å². The number of epoxide rings is 1. The lowest BCUT2D eigenvalue weighted by Gasteiger charge is -2.55. The standard InChI is InChI=1S/C27H60O4Si4/c1-21(32(7,8)9)30-34(13,14)27(5,6)26(3,4)31-35(15,22(2)29-33(10,11)12)19-18-23-16-17-24-25(20-23)28-24/h21-25H,16-20H2,1-15H3. The van der Waals surface area contributed by atoms with Gasteiger partial charge >= 0.3 is 0 Å². The van der Waals surface area contributed by atoms with Gasteiger partial charge < -0.3 is 18.0 Å². The van der Waals surface area contributed by atoms with Crippen LogP contribution in [0.3, 0.4) is 0 Å². The van der Waals surface area contributed by atoms with Crippen LogP contribution in [0.25, 0.3) is 0 Å². The number of rotatable bonds is 13. The summed E-state index contributed by atoms with van der Waals surface area (Å²) in [6.45, 7) is 35.5. The summed E-state index contributed by atoms with van der Waals surface area (Å²) in [6.07, 6.45) is 6.17. The fourth-order valence-corrected chi connectivity index (χ4v) is 16.7. The summed E-state index contributed by atoms with van der Waals surface area (Å²) in [5, 5.41) is -0.0546. The quantitative estimate of drug-likeness (QED) is 0.168. The lowest BCUT2D eigenvalue weighted by Crippen LogP contribution is -2.62. The lowest BCUT2D eigenvalue weighted by atomic mass is 9.88. The number of hydrogen-bond acceptors (Lipinski definition) is 4. The monoisotopic (exact) mass is 560 g/mol. The predicted octanol–water partition coefficient (Wildman–Crippen LogP) is 8.36. The first-order valence-corrected chi connectivity index (χ1v) is 26.8. The number of fused-ring (bicyclic) bond motifs is 1. The summed E-state index contributed by atoms with van der Waals surface area (Å²) in [6, 6.07) is 1.16. The van der Waals surface area contributed by atoms with Gasteiger partial charge in [-0.2, -0.15) is 0 Å². The maximum Gasteiger partial charge on any atom is 0.217 e. The van der Waals surface area contributed by atoms with E-state index in [4.69, 9.17) is 18.0 Å². The SMILES string of the molecule is CC(O[Si](C)(C)C(C)(C)C(C)(C)O[Si](C)(CCC1CCC2OC2C1)C(C)O[Si](C)(C)C)[Si](C)(C)C. The Morgan fingerprint density at radius 1 is 0.800 bits per heavy atom. The van der Waals surface area contributed by atoms with Crippen LogP contribution in [0.5, 0.6) is 0 Å². The van der Waals surface area contributed by atoms with Gasteiger partial charge in [-0.25, -0.2) is 0 Å². The normalized spacial score (nSPS) is 27.7. The third kappa shape index (κ3) is 8.10. The maximum absolute atomic E-state index is 7.45. The molecule has 0 amide bonds. The van der Waals surface area contributed by atoms with E-state index >= 15 is 0 Å². The highest BCUT2D eigenvalue weighted by atomic mass is 28.4. The maximum atomic E-state index is 7.45. The second-order valence-corrected chi connectivity index (χ2v) is 34.1. The van der Waals surface area contributed by atoms with E-state index in [9.17, 15) is 0 Å². The molecule has 1 heterocycles. The molecule has 1 aliphatic carbocycles. The van der Waals surface area contributed by atoms with Crippen LogP contribution in [-0.4, -0.2) is 62.3 Å². The molecule has 0 spiro atoms. The highest BCUT2D eigenvalue weighted by Gasteiger charge is 2.56. The molecule has 6 atom stereocenters. The van der Waals surface area contributed by atoms with Crippen LogP contribution in [0.15, 0.2) is 0 Å². The second-order valence-electron chi connectivity index (χ2n) is 15.5.